The first-order valence-electron chi connectivity index (χ1n) is 11.0. The number of anilines is 1. The summed E-state index contributed by atoms with van der Waals surface area (Å²) in [4.78, 5) is 9.54. The van der Waals surface area contributed by atoms with Crippen molar-refractivity contribution in [3.63, 3.8) is 0 Å². The van der Waals surface area contributed by atoms with E-state index in [1.165, 1.54) is 0 Å². The summed E-state index contributed by atoms with van der Waals surface area (Å²) in [6.45, 7) is 0.923. The Morgan fingerprint density at radius 3 is 2.73 bits per heavy atom. The van der Waals surface area contributed by atoms with Gasteiger partial charge in [0, 0.05) is 31.1 Å². The van der Waals surface area contributed by atoms with E-state index in [9.17, 15) is 13.2 Å². The highest BCUT2D eigenvalue weighted by molar-refractivity contribution is 5.99. The summed E-state index contributed by atoms with van der Waals surface area (Å²) in [6, 6.07) is 2.08. The predicted octanol–water partition coefficient (Wildman–Crippen LogP) is 3.43. The van der Waals surface area contributed by atoms with Gasteiger partial charge in [-0.15, -0.1) is 0 Å². The monoisotopic (exact) mass is 465 g/mol. The zero-order valence-corrected chi connectivity index (χ0v) is 18.0. The highest BCUT2D eigenvalue weighted by Crippen LogP contribution is 2.36. The fourth-order valence-corrected chi connectivity index (χ4v) is 4.37. The number of likely N-dealkylation sites (tertiary alicyclic amines) is 1. The van der Waals surface area contributed by atoms with Crippen LogP contribution in [0.1, 0.15) is 44.1 Å². The minimum atomic E-state index is -4.63. The predicted molar refractivity (Wildman–Crippen MR) is 112 cm³/mol. The largest absolute Gasteiger partial charge is 0.469 e. The van der Waals surface area contributed by atoms with Gasteiger partial charge in [0.15, 0.2) is 0 Å². The molecule has 4 rings (SSSR count). The molecule has 3 atom stereocenters. The lowest BCUT2D eigenvalue weighted by molar-refractivity contribution is -0.142. The Labute approximate surface area is 189 Å². The van der Waals surface area contributed by atoms with Gasteiger partial charge in [-0.25, -0.2) is 4.98 Å². The number of aromatic nitrogens is 2. The van der Waals surface area contributed by atoms with Gasteiger partial charge in [-0.05, 0) is 25.7 Å². The molecule has 0 radical (unpaired) electrons. The van der Waals surface area contributed by atoms with Crippen LogP contribution in [0.5, 0.6) is 5.88 Å². The molecule has 0 unspecified atom stereocenters. The van der Waals surface area contributed by atoms with E-state index in [2.05, 4.69) is 21.4 Å². The second kappa shape index (κ2) is 9.51. The van der Waals surface area contributed by atoms with Crippen molar-refractivity contribution < 1.29 is 22.6 Å². The Kier molecular flexibility index (Phi) is 6.69. The molecule has 9 nitrogen and oxygen atoms in total. The molecule has 3 N–H and O–H groups in total. The van der Waals surface area contributed by atoms with Gasteiger partial charge in [0.05, 0.1) is 25.2 Å². The Hall–Kier alpha value is -2.94. The van der Waals surface area contributed by atoms with Crippen molar-refractivity contribution >= 4 is 17.6 Å². The van der Waals surface area contributed by atoms with Crippen molar-refractivity contribution in [3.05, 3.63) is 11.8 Å². The molecule has 3 fully saturated rings. The zero-order valence-electron chi connectivity index (χ0n) is 18.0. The van der Waals surface area contributed by atoms with Gasteiger partial charge >= 0.3 is 6.18 Å². The Bertz CT molecular complexity index is 945. The maximum Gasteiger partial charge on any atom is 0.423 e. The molecular weight excluding hydrogens is 439 g/mol. The van der Waals surface area contributed by atoms with Gasteiger partial charge in [0.2, 0.25) is 11.8 Å². The first-order valence-corrected chi connectivity index (χ1v) is 11.0. The molecule has 1 aromatic rings. The minimum absolute atomic E-state index is 0.0537. The number of ether oxygens (including phenoxy) is 2. The van der Waals surface area contributed by atoms with Crippen LogP contribution in [-0.4, -0.2) is 58.4 Å². The third-order valence-electron chi connectivity index (χ3n) is 6.28. The molecule has 0 bridgehead atoms. The number of nitriles is 1. The van der Waals surface area contributed by atoms with E-state index in [0.29, 0.717) is 37.5 Å². The quantitative estimate of drug-likeness (QED) is 0.448. The number of halogens is 3. The summed E-state index contributed by atoms with van der Waals surface area (Å²) < 4.78 is 50.3. The lowest BCUT2D eigenvalue weighted by Gasteiger charge is -2.37. The van der Waals surface area contributed by atoms with Crippen molar-refractivity contribution in [2.75, 3.05) is 25.1 Å². The highest BCUT2D eigenvalue weighted by atomic mass is 19.4. The highest BCUT2D eigenvalue weighted by Gasteiger charge is 2.38. The molecule has 1 aliphatic carbocycles. The Morgan fingerprint density at radius 2 is 2.09 bits per heavy atom. The van der Waals surface area contributed by atoms with E-state index in [-0.39, 0.29) is 37.0 Å². The molecule has 3 aliphatic rings. The standard InChI is InChI=1S/C21H26F3N7O2/c22-21(23,24)16-9-28-20(30-19(16)33-15-10-32-11-15)29-14-3-1-2-13(7-14)18(27)31-5-4-12(8-25)6-17(31)26/h9,12-15,26-27H,1-7,10-11H2,(H,28,29,30)/t12-,13-,14+/m0/s1. The molecule has 33 heavy (non-hydrogen) atoms. The van der Waals surface area contributed by atoms with Gasteiger partial charge in [0.1, 0.15) is 23.3 Å². The fourth-order valence-electron chi connectivity index (χ4n) is 4.37. The van der Waals surface area contributed by atoms with Gasteiger partial charge < -0.3 is 19.7 Å². The van der Waals surface area contributed by atoms with Crippen LogP contribution in [0, 0.1) is 34.0 Å². The molecule has 0 amide bonds. The number of hydrogen-bond acceptors (Lipinski definition) is 8. The molecular formula is C21H26F3N7O2. The van der Waals surface area contributed by atoms with E-state index in [1.54, 1.807) is 4.90 Å². The lowest BCUT2D eigenvalue weighted by atomic mass is 9.83. The van der Waals surface area contributed by atoms with Crippen molar-refractivity contribution in [2.45, 2.75) is 56.8 Å². The Balaban J connectivity index is 1.41. The molecule has 1 saturated carbocycles. The molecule has 12 heteroatoms. The summed E-state index contributed by atoms with van der Waals surface area (Å²) in [6.07, 6.45) is -0.404. The van der Waals surface area contributed by atoms with Crippen LogP contribution < -0.4 is 10.1 Å². The van der Waals surface area contributed by atoms with Crippen molar-refractivity contribution in [1.29, 1.82) is 16.1 Å². The Morgan fingerprint density at radius 1 is 1.30 bits per heavy atom. The summed E-state index contributed by atoms with van der Waals surface area (Å²) in [5.74, 6) is -0.0688. The molecule has 3 heterocycles. The third kappa shape index (κ3) is 5.35. The van der Waals surface area contributed by atoms with Crippen LogP contribution in [-0.2, 0) is 10.9 Å². The van der Waals surface area contributed by atoms with E-state index < -0.39 is 23.7 Å². The van der Waals surface area contributed by atoms with Crippen LogP contribution >= 0.6 is 0 Å². The second-order valence-electron chi connectivity index (χ2n) is 8.69. The van der Waals surface area contributed by atoms with Gasteiger partial charge in [-0.1, -0.05) is 6.42 Å². The maximum atomic E-state index is 13.3. The van der Waals surface area contributed by atoms with Crippen LogP contribution in [0.25, 0.3) is 0 Å². The normalized spacial score (nSPS) is 26.3. The van der Waals surface area contributed by atoms with E-state index in [1.807, 2.05) is 0 Å². The van der Waals surface area contributed by atoms with E-state index in [0.717, 1.165) is 25.5 Å². The first-order chi connectivity index (χ1) is 15.7. The summed E-state index contributed by atoms with van der Waals surface area (Å²) in [7, 11) is 0. The zero-order chi connectivity index (χ0) is 23.6. The van der Waals surface area contributed by atoms with Crippen molar-refractivity contribution in [2.24, 2.45) is 11.8 Å². The third-order valence-corrected chi connectivity index (χ3v) is 6.28. The average molecular weight is 465 g/mol. The average Bonchev–Trinajstić information content (AvgIpc) is 2.75. The number of alkyl halides is 3. The second-order valence-corrected chi connectivity index (χ2v) is 8.69. The summed E-state index contributed by atoms with van der Waals surface area (Å²) in [5, 5.41) is 29.0. The number of rotatable bonds is 5. The van der Waals surface area contributed by atoms with Crippen LogP contribution in [0.3, 0.4) is 0 Å². The number of hydrogen-bond donors (Lipinski definition) is 3. The fraction of sp³-hybridized carbons (Fsp3) is 0.667. The van der Waals surface area contributed by atoms with E-state index >= 15 is 0 Å². The van der Waals surface area contributed by atoms with Gasteiger partial charge in [-0.3, -0.25) is 10.8 Å². The number of nitrogens with zero attached hydrogens (tertiary/aromatic N) is 4. The van der Waals surface area contributed by atoms with E-state index in [4.69, 9.17) is 25.6 Å². The molecule has 1 aromatic heterocycles. The molecule has 178 valence electrons. The van der Waals surface area contributed by atoms with Crippen LogP contribution in [0.15, 0.2) is 6.20 Å². The molecule has 2 saturated heterocycles. The van der Waals surface area contributed by atoms with Crippen molar-refractivity contribution in [3.8, 4) is 11.9 Å². The SMILES string of the molecule is N#C[C@H]1CCN(C(=N)[C@H]2CCC[C@@H](Nc3ncc(C(F)(F)F)c(OC4COC4)n3)C2)C(=N)C1. The lowest BCUT2D eigenvalue weighted by Crippen LogP contribution is -2.46. The first kappa shape index (κ1) is 23.2. The summed E-state index contributed by atoms with van der Waals surface area (Å²) >= 11 is 0. The minimum Gasteiger partial charge on any atom is -0.469 e. The molecule has 0 aromatic carbocycles. The smallest absolute Gasteiger partial charge is 0.423 e. The molecule has 0 spiro atoms. The van der Waals surface area contributed by atoms with Crippen LogP contribution in [0.4, 0.5) is 19.1 Å². The number of nitrogens with one attached hydrogen (secondary N) is 3. The van der Waals surface area contributed by atoms with Crippen LogP contribution in [0.2, 0.25) is 0 Å². The van der Waals surface area contributed by atoms with Crippen molar-refractivity contribution in [1.82, 2.24) is 14.9 Å². The maximum absolute atomic E-state index is 13.3. The molecule has 2 aliphatic heterocycles. The topological polar surface area (TPSA) is 131 Å². The number of piperidine rings is 1. The van der Waals surface area contributed by atoms with Gasteiger partial charge in [-0.2, -0.15) is 23.4 Å². The number of amidine groups is 2. The summed E-state index contributed by atoms with van der Waals surface area (Å²) in [5.41, 5.74) is -1.03. The van der Waals surface area contributed by atoms with Gasteiger partial charge in [0.25, 0.3) is 0 Å².